The summed E-state index contributed by atoms with van der Waals surface area (Å²) in [6.45, 7) is 4.12. The monoisotopic (exact) mass is 137 g/mol. The molecule has 1 heterocycles. The number of H-pyrrole nitrogens is 1. The summed E-state index contributed by atoms with van der Waals surface area (Å²) in [7, 11) is 0. The summed E-state index contributed by atoms with van der Waals surface area (Å²) in [4.78, 5) is 7.12. The van der Waals surface area contributed by atoms with Crippen LogP contribution in [0.2, 0.25) is 0 Å². The largest absolute Gasteiger partial charge is 0.348 e. The predicted octanol–water partition coefficient (Wildman–Crippen LogP) is 1.53. The molecular weight excluding hydrogens is 126 g/mol. The lowest BCUT2D eigenvalue weighted by molar-refractivity contribution is 0.794. The van der Waals surface area contributed by atoms with Crippen LogP contribution in [0.3, 0.4) is 0 Å². The second-order valence-corrected chi connectivity index (χ2v) is 2.51. The van der Waals surface area contributed by atoms with E-state index < -0.39 is 0 Å². The van der Waals surface area contributed by atoms with Gasteiger partial charge in [-0.2, -0.15) is 0 Å². The predicted molar refractivity (Wildman–Crippen MR) is 40.6 cm³/mol. The quantitative estimate of drug-likeness (QED) is 0.597. The maximum atomic E-state index is 6.89. The first kappa shape index (κ1) is 6.99. The van der Waals surface area contributed by atoms with Crippen molar-refractivity contribution in [1.82, 2.24) is 9.97 Å². The third-order valence-corrected chi connectivity index (χ3v) is 1.31. The number of aromatic nitrogens is 2. The van der Waals surface area contributed by atoms with Crippen LogP contribution in [-0.4, -0.2) is 16.2 Å². The molecule has 1 aromatic heterocycles. The van der Waals surface area contributed by atoms with Crippen LogP contribution in [0.25, 0.3) is 0 Å². The molecule has 0 saturated heterocycles. The first-order chi connectivity index (χ1) is 4.74. The number of rotatable bonds is 2. The van der Waals surface area contributed by atoms with Gasteiger partial charge in [0, 0.05) is 18.3 Å². The molecule has 0 fully saturated rings. The molecule has 0 saturated carbocycles. The Labute approximate surface area is 60.0 Å². The van der Waals surface area contributed by atoms with Crippen LogP contribution in [0, 0.1) is 5.41 Å². The second kappa shape index (κ2) is 2.64. The molecule has 1 rings (SSSR count). The number of nitrogens with zero attached hydrogens (tertiary/aromatic N) is 1. The van der Waals surface area contributed by atoms with Gasteiger partial charge >= 0.3 is 0 Å². The summed E-state index contributed by atoms with van der Waals surface area (Å²) in [5, 5.41) is 6.89. The maximum absolute atomic E-state index is 6.89. The highest BCUT2D eigenvalue weighted by atomic mass is 14.9. The zero-order valence-corrected chi connectivity index (χ0v) is 6.18. The first-order valence-corrected chi connectivity index (χ1v) is 3.30. The van der Waals surface area contributed by atoms with E-state index in [1.165, 1.54) is 6.21 Å². The van der Waals surface area contributed by atoms with E-state index in [1.54, 1.807) is 6.20 Å². The topological polar surface area (TPSA) is 52.5 Å². The normalized spacial score (nSPS) is 10.3. The average Bonchev–Trinajstić information content (AvgIpc) is 2.34. The molecular formula is C7H11N3. The van der Waals surface area contributed by atoms with Crippen molar-refractivity contribution in [3.63, 3.8) is 0 Å². The third kappa shape index (κ3) is 1.23. The van der Waals surface area contributed by atoms with Gasteiger partial charge in [0.25, 0.3) is 0 Å². The van der Waals surface area contributed by atoms with E-state index in [1.807, 2.05) is 0 Å². The molecule has 0 spiro atoms. The molecule has 0 aliphatic heterocycles. The molecule has 0 amide bonds. The summed E-state index contributed by atoms with van der Waals surface area (Å²) in [6.07, 6.45) is 2.98. The minimum atomic E-state index is 0.411. The van der Waals surface area contributed by atoms with Gasteiger partial charge in [0.2, 0.25) is 0 Å². The van der Waals surface area contributed by atoms with E-state index in [9.17, 15) is 0 Å². The molecule has 0 aliphatic carbocycles. The molecule has 0 aromatic carbocycles. The molecule has 2 N–H and O–H groups in total. The van der Waals surface area contributed by atoms with Crippen LogP contribution in [0.4, 0.5) is 0 Å². The molecule has 0 radical (unpaired) electrons. The fraction of sp³-hybridized carbons (Fsp3) is 0.429. The van der Waals surface area contributed by atoms with Gasteiger partial charge in [-0.3, -0.25) is 0 Å². The van der Waals surface area contributed by atoms with Crippen LogP contribution in [0.5, 0.6) is 0 Å². The SMILES string of the molecule is CC(C)c1nc(C=N)c[nH]1. The van der Waals surface area contributed by atoms with E-state index in [2.05, 4.69) is 23.8 Å². The Balaban J connectivity index is 2.88. The highest BCUT2D eigenvalue weighted by Gasteiger charge is 2.01. The van der Waals surface area contributed by atoms with E-state index >= 15 is 0 Å². The Hall–Kier alpha value is -1.12. The highest BCUT2D eigenvalue weighted by Crippen LogP contribution is 2.07. The van der Waals surface area contributed by atoms with Crippen molar-refractivity contribution in [1.29, 1.82) is 5.41 Å². The smallest absolute Gasteiger partial charge is 0.109 e. The van der Waals surface area contributed by atoms with Crippen molar-refractivity contribution < 1.29 is 0 Å². The van der Waals surface area contributed by atoms with Crippen LogP contribution < -0.4 is 0 Å². The molecule has 54 valence electrons. The number of hydrogen-bond acceptors (Lipinski definition) is 2. The minimum absolute atomic E-state index is 0.411. The van der Waals surface area contributed by atoms with Gasteiger partial charge < -0.3 is 10.4 Å². The van der Waals surface area contributed by atoms with Gasteiger partial charge in [-0.1, -0.05) is 13.8 Å². The van der Waals surface area contributed by atoms with E-state index in [4.69, 9.17) is 5.41 Å². The van der Waals surface area contributed by atoms with E-state index in [-0.39, 0.29) is 0 Å². The molecule has 0 unspecified atom stereocenters. The molecule has 1 aromatic rings. The van der Waals surface area contributed by atoms with Gasteiger partial charge in [0.05, 0.1) is 5.69 Å². The van der Waals surface area contributed by atoms with Crippen molar-refractivity contribution in [2.24, 2.45) is 0 Å². The Bertz CT molecular complexity index is 225. The lowest BCUT2D eigenvalue weighted by atomic mass is 10.2. The molecule has 0 atom stereocenters. The Morgan fingerprint density at radius 1 is 1.70 bits per heavy atom. The summed E-state index contributed by atoms with van der Waals surface area (Å²) < 4.78 is 0. The standard InChI is InChI=1S/C7H11N3/c1-5(2)7-9-4-6(3-8)10-7/h3-5,8H,1-2H3,(H,9,10). The summed E-state index contributed by atoms with van der Waals surface area (Å²) in [6, 6.07) is 0. The van der Waals surface area contributed by atoms with Crippen molar-refractivity contribution >= 4 is 6.21 Å². The van der Waals surface area contributed by atoms with Crippen molar-refractivity contribution in [2.75, 3.05) is 0 Å². The van der Waals surface area contributed by atoms with Gasteiger partial charge in [0.15, 0.2) is 0 Å². The van der Waals surface area contributed by atoms with Crippen LogP contribution in [0.15, 0.2) is 6.20 Å². The minimum Gasteiger partial charge on any atom is -0.348 e. The number of nitrogens with one attached hydrogen (secondary N) is 2. The van der Waals surface area contributed by atoms with E-state index in [0.29, 0.717) is 11.6 Å². The van der Waals surface area contributed by atoms with Crippen molar-refractivity contribution in [3.05, 3.63) is 17.7 Å². The highest BCUT2D eigenvalue weighted by molar-refractivity contribution is 5.73. The fourth-order valence-electron chi connectivity index (χ4n) is 0.721. The average molecular weight is 137 g/mol. The summed E-state index contributed by atoms with van der Waals surface area (Å²) in [5.74, 6) is 1.35. The zero-order chi connectivity index (χ0) is 7.56. The number of hydrogen-bond donors (Lipinski definition) is 2. The van der Waals surface area contributed by atoms with Gasteiger partial charge in [-0.15, -0.1) is 0 Å². The maximum Gasteiger partial charge on any atom is 0.109 e. The Morgan fingerprint density at radius 3 is 2.70 bits per heavy atom. The molecule has 3 nitrogen and oxygen atoms in total. The lowest BCUT2D eigenvalue weighted by Gasteiger charge is -1.95. The lowest BCUT2D eigenvalue weighted by Crippen LogP contribution is -1.89. The van der Waals surface area contributed by atoms with Crippen LogP contribution >= 0.6 is 0 Å². The third-order valence-electron chi connectivity index (χ3n) is 1.31. The van der Waals surface area contributed by atoms with Crippen LogP contribution in [-0.2, 0) is 0 Å². The van der Waals surface area contributed by atoms with Gasteiger partial charge in [-0.25, -0.2) is 4.98 Å². The summed E-state index contributed by atoms with van der Waals surface area (Å²) in [5.41, 5.74) is 0.698. The van der Waals surface area contributed by atoms with E-state index in [0.717, 1.165) is 5.82 Å². The van der Waals surface area contributed by atoms with Crippen molar-refractivity contribution in [2.45, 2.75) is 19.8 Å². The second-order valence-electron chi connectivity index (χ2n) is 2.51. The fourth-order valence-corrected chi connectivity index (χ4v) is 0.721. The Morgan fingerprint density at radius 2 is 2.40 bits per heavy atom. The first-order valence-electron chi connectivity index (χ1n) is 3.30. The molecule has 0 aliphatic rings. The number of aromatic amines is 1. The number of imidazole rings is 1. The van der Waals surface area contributed by atoms with Gasteiger partial charge in [0.1, 0.15) is 5.82 Å². The summed E-state index contributed by atoms with van der Waals surface area (Å²) >= 11 is 0. The van der Waals surface area contributed by atoms with Crippen molar-refractivity contribution in [3.8, 4) is 0 Å². The Kier molecular flexibility index (Phi) is 1.85. The zero-order valence-electron chi connectivity index (χ0n) is 6.18. The van der Waals surface area contributed by atoms with Crippen LogP contribution in [0.1, 0.15) is 31.3 Å². The molecule has 3 heteroatoms. The van der Waals surface area contributed by atoms with Gasteiger partial charge in [-0.05, 0) is 0 Å². The molecule has 10 heavy (non-hydrogen) atoms. The molecule has 0 bridgehead atoms.